The lowest BCUT2D eigenvalue weighted by atomic mass is 10.1. The standard InChI is InChI=1S/C10H16N4O.HI/c1-15-9-5-12-10(13-6-9)14-3-2-8(4-11)7-14;/h8-9H,2-3,5-7H2,1H3,(H,12,13);1H. The molecule has 5 nitrogen and oxygen atoms in total. The van der Waals surface area contributed by atoms with Gasteiger partial charge in [0.25, 0.3) is 0 Å². The molecule has 0 aliphatic carbocycles. The number of hydrogen-bond acceptors (Lipinski definition) is 5. The summed E-state index contributed by atoms with van der Waals surface area (Å²) in [6, 6.07) is 2.30. The molecule has 0 amide bonds. The van der Waals surface area contributed by atoms with Crippen LogP contribution in [0.15, 0.2) is 4.99 Å². The summed E-state index contributed by atoms with van der Waals surface area (Å²) in [6.07, 6.45) is 1.13. The van der Waals surface area contributed by atoms with Gasteiger partial charge in [0, 0.05) is 26.7 Å². The highest BCUT2D eigenvalue weighted by molar-refractivity contribution is 14.0. The zero-order valence-corrected chi connectivity index (χ0v) is 11.7. The van der Waals surface area contributed by atoms with E-state index in [-0.39, 0.29) is 36.0 Å². The molecule has 2 heterocycles. The van der Waals surface area contributed by atoms with E-state index in [9.17, 15) is 0 Å². The van der Waals surface area contributed by atoms with Crippen molar-refractivity contribution in [2.75, 3.05) is 33.3 Å². The van der Waals surface area contributed by atoms with Crippen molar-refractivity contribution in [2.45, 2.75) is 12.5 Å². The number of likely N-dealkylation sites (tertiary alicyclic amines) is 1. The van der Waals surface area contributed by atoms with Gasteiger partial charge in [0.2, 0.25) is 0 Å². The Hall–Kier alpha value is -0.550. The van der Waals surface area contributed by atoms with Gasteiger partial charge in [-0.1, -0.05) is 0 Å². The van der Waals surface area contributed by atoms with Gasteiger partial charge in [-0.25, -0.2) is 0 Å². The van der Waals surface area contributed by atoms with Crippen LogP contribution in [0.3, 0.4) is 0 Å². The molecule has 6 heteroatoms. The van der Waals surface area contributed by atoms with Crippen LogP contribution in [-0.4, -0.2) is 50.3 Å². The van der Waals surface area contributed by atoms with E-state index in [0.29, 0.717) is 6.54 Å². The highest BCUT2D eigenvalue weighted by atomic mass is 127. The van der Waals surface area contributed by atoms with Crippen LogP contribution in [0.1, 0.15) is 6.42 Å². The SMILES string of the molecule is COC1CN=C(N2CCC(C#N)C2)NC1.I. The number of guanidine groups is 1. The van der Waals surface area contributed by atoms with Crippen LogP contribution in [0.5, 0.6) is 0 Å². The van der Waals surface area contributed by atoms with Crippen molar-refractivity contribution >= 4 is 29.9 Å². The summed E-state index contributed by atoms with van der Waals surface area (Å²) in [5.74, 6) is 1.09. The highest BCUT2D eigenvalue weighted by Gasteiger charge is 2.26. The number of nitriles is 1. The second-order valence-corrected chi connectivity index (χ2v) is 3.96. The molecule has 16 heavy (non-hydrogen) atoms. The van der Waals surface area contributed by atoms with Crippen molar-refractivity contribution < 1.29 is 4.74 Å². The Balaban J connectivity index is 0.00000128. The monoisotopic (exact) mass is 336 g/mol. The van der Waals surface area contributed by atoms with Gasteiger partial charge in [-0.15, -0.1) is 24.0 Å². The van der Waals surface area contributed by atoms with Gasteiger partial charge >= 0.3 is 0 Å². The largest absolute Gasteiger partial charge is 0.378 e. The van der Waals surface area contributed by atoms with E-state index in [2.05, 4.69) is 21.3 Å². The molecule has 2 unspecified atom stereocenters. The van der Waals surface area contributed by atoms with E-state index in [1.54, 1.807) is 7.11 Å². The Kier molecular flexibility index (Phi) is 5.28. The molecule has 90 valence electrons. The molecule has 1 fully saturated rings. The summed E-state index contributed by atoms with van der Waals surface area (Å²) in [4.78, 5) is 6.58. The first-order valence-corrected chi connectivity index (χ1v) is 5.29. The fraction of sp³-hybridized carbons (Fsp3) is 0.800. The number of rotatable bonds is 1. The third kappa shape index (κ3) is 2.98. The Morgan fingerprint density at radius 3 is 2.94 bits per heavy atom. The van der Waals surface area contributed by atoms with Crippen molar-refractivity contribution in [3.8, 4) is 6.07 Å². The van der Waals surface area contributed by atoms with Crippen LogP contribution in [0.2, 0.25) is 0 Å². The quantitative estimate of drug-likeness (QED) is 0.706. The Morgan fingerprint density at radius 2 is 2.44 bits per heavy atom. The molecule has 0 radical (unpaired) electrons. The Bertz CT molecular complexity index is 302. The van der Waals surface area contributed by atoms with E-state index >= 15 is 0 Å². The summed E-state index contributed by atoms with van der Waals surface area (Å²) >= 11 is 0. The molecule has 0 saturated carbocycles. The van der Waals surface area contributed by atoms with Gasteiger partial charge in [-0.2, -0.15) is 5.26 Å². The van der Waals surface area contributed by atoms with Crippen LogP contribution in [0.4, 0.5) is 0 Å². The number of hydrogen-bond donors (Lipinski definition) is 1. The van der Waals surface area contributed by atoms with E-state index in [1.807, 2.05) is 0 Å². The maximum atomic E-state index is 8.81. The second-order valence-electron chi connectivity index (χ2n) is 3.96. The normalized spacial score (nSPS) is 28.8. The minimum Gasteiger partial charge on any atom is -0.378 e. The molecule has 0 bridgehead atoms. The lowest BCUT2D eigenvalue weighted by molar-refractivity contribution is 0.107. The molecular weight excluding hydrogens is 319 g/mol. The first kappa shape index (κ1) is 13.5. The molecule has 0 aromatic carbocycles. The van der Waals surface area contributed by atoms with Crippen LogP contribution >= 0.6 is 24.0 Å². The molecule has 2 aliphatic rings. The maximum absolute atomic E-state index is 8.81. The minimum absolute atomic E-state index is 0. The first-order chi connectivity index (χ1) is 7.33. The average molecular weight is 336 g/mol. The third-order valence-electron chi connectivity index (χ3n) is 2.94. The smallest absolute Gasteiger partial charge is 0.194 e. The van der Waals surface area contributed by atoms with Gasteiger partial charge in [0.05, 0.1) is 24.6 Å². The fourth-order valence-corrected chi connectivity index (χ4v) is 1.94. The zero-order chi connectivity index (χ0) is 10.7. The minimum atomic E-state index is 0. The third-order valence-corrected chi connectivity index (χ3v) is 2.94. The molecule has 1 saturated heterocycles. The molecular formula is C10H17IN4O. The van der Waals surface area contributed by atoms with Crippen molar-refractivity contribution in [3.63, 3.8) is 0 Å². The topological polar surface area (TPSA) is 60.6 Å². The fourth-order valence-electron chi connectivity index (χ4n) is 1.94. The Morgan fingerprint density at radius 1 is 1.62 bits per heavy atom. The summed E-state index contributed by atoms with van der Waals surface area (Å²) in [7, 11) is 1.70. The van der Waals surface area contributed by atoms with E-state index in [0.717, 1.165) is 32.0 Å². The lowest BCUT2D eigenvalue weighted by Gasteiger charge is -2.27. The van der Waals surface area contributed by atoms with E-state index < -0.39 is 0 Å². The molecule has 1 N–H and O–H groups in total. The maximum Gasteiger partial charge on any atom is 0.194 e. The molecule has 0 aromatic rings. The zero-order valence-electron chi connectivity index (χ0n) is 9.35. The molecule has 2 aliphatic heterocycles. The summed E-state index contributed by atoms with van der Waals surface area (Å²) in [6.45, 7) is 3.26. The number of nitrogens with one attached hydrogen (secondary N) is 1. The number of ether oxygens (including phenoxy) is 1. The van der Waals surface area contributed by atoms with Crippen molar-refractivity contribution in [1.29, 1.82) is 5.26 Å². The van der Waals surface area contributed by atoms with Gasteiger partial charge in [0.15, 0.2) is 5.96 Å². The lowest BCUT2D eigenvalue weighted by Crippen LogP contribution is -2.48. The van der Waals surface area contributed by atoms with E-state index in [1.165, 1.54) is 0 Å². The van der Waals surface area contributed by atoms with Crippen LogP contribution in [0.25, 0.3) is 0 Å². The summed E-state index contributed by atoms with van der Waals surface area (Å²) in [5, 5.41) is 12.1. The van der Waals surface area contributed by atoms with Gasteiger partial charge in [0.1, 0.15) is 0 Å². The highest BCUT2D eigenvalue weighted by Crippen LogP contribution is 2.15. The molecule has 2 atom stereocenters. The molecule has 0 spiro atoms. The van der Waals surface area contributed by atoms with Gasteiger partial charge < -0.3 is 15.0 Å². The Labute approximate surface area is 113 Å². The van der Waals surface area contributed by atoms with Crippen LogP contribution in [0, 0.1) is 17.2 Å². The molecule has 0 aromatic heterocycles. The number of methoxy groups -OCH3 is 1. The summed E-state index contributed by atoms with van der Waals surface area (Å²) < 4.78 is 5.20. The first-order valence-electron chi connectivity index (χ1n) is 5.29. The van der Waals surface area contributed by atoms with Crippen molar-refractivity contribution in [3.05, 3.63) is 0 Å². The van der Waals surface area contributed by atoms with E-state index in [4.69, 9.17) is 10.00 Å². The van der Waals surface area contributed by atoms with Crippen LogP contribution in [-0.2, 0) is 4.74 Å². The predicted octanol–water partition coefficient (Wildman–Crippen LogP) is 0.424. The summed E-state index contributed by atoms with van der Waals surface area (Å²) in [5.41, 5.74) is 0. The number of halogens is 1. The van der Waals surface area contributed by atoms with Crippen molar-refractivity contribution in [1.82, 2.24) is 10.2 Å². The van der Waals surface area contributed by atoms with Crippen molar-refractivity contribution in [2.24, 2.45) is 10.9 Å². The molecule has 2 rings (SSSR count). The number of nitrogens with zero attached hydrogens (tertiary/aromatic N) is 3. The average Bonchev–Trinajstić information content (AvgIpc) is 2.78. The second kappa shape index (κ2) is 6.25. The van der Waals surface area contributed by atoms with Crippen LogP contribution < -0.4 is 5.32 Å². The predicted molar refractivity (Wildman–Crippen MR) is 71.8 cm³/mol. The number of aliphatic imine (C=N–C) groups is 1. The van der Waals surface area contributed by atoms with Gasteiger partial charge in [-0.05, 0) is 6.42 Å². The van der Waals surface area contributed by atoms with Gasteiger partial charge in [-0.3, -0.25) is 4.99 Å².